The highest BCUT2D eigenvalue weighted by atomic mass is 16.6. The summed E-state index contributed by atoms with van der Waals surface area (Å²) < 4.78 is 10.4. The van der Waals surface area contributed by atoms with E-state index in [0.29, 0.717) is 17.1 Å². The van der Waals surface area contributed by atoms with Crippen LogP contribution in [-0.2, 0) is 4.79 Å². The Kier molecular flexibility index (Phi) is 5.12. The number of hydrogen-bond acceptors (Lipinski definition) is 6. The molecule has 0 N–H and O–H groups in total. The molecule has 0 aliphatic carbocycles. The molecule has 0 spiro atoms. The predicted octanol–water partition coefficient (Wildman–Crippen LogP) is 3.73. The van der Waals surface area contributed by atoms with Crippen LogP contribution >= 0.6 is 0 Å². The van der Waals surface area contributed by atoms with Crippen molar-refractivity contribution in [3.05, 3.63) is 63.2 Å². The third-order valence-electron chi connectivity index (χ3n) is 4.37. The molecule has 0 fully saturated rings. The summed E-state index contributed by atoms with van der Waals surface area (Å²) in [5.74, 6) is 0.210. The molecule has 0 atom stereocenters. The second kappa shape index (κ2) is 7.51. The normalized spacial score (nSPS) is 15.0. The Hall–Kier alpha value is -3.68. The molecular formula is C20H19N3O5. The minimum atomic E-state index is -0.530. The van der Waals surface area contributed by atoms with Crippen molar-refractivity contribution in [2.75, 3.05) is 19.2 Å². The largest absolute Gasteiger partial charge is 0.493 e. The fourth-order valence-electron chi connectivity index (χ4n) is 2.86. The highest BCUT2D eigenvalue weighted by Crippen LogP contribution is 2.36. The summed E-state index contributed by atoms with van der Waals surface area (Å²) in [7, 11) is 2.84. The lowest BCUT2D eigenvalue weighted by Gasteiger charge is -2.12. The lowest BCUT2D eigenvalue weighted by Crippen LogP contribution is -2.21. The summed E-state index contributed by atoms with van der Waals surface area (Å²) in [6, 6.07) is 10.1. The Morgan fingerprint density at radius 3 is 2.25 bits per heavy atom. The van der Waals surface area contributed by atoms with Gasteiger partial charge in [-0.1, -0.05) is 17.7 Å². The van der Waals surface area contributed by atoms with Crippen molar-refractivity contribution >= 4 is 29.1 Å². The van der Waals surface area contributed by atoms with Crippen molar-refractivity contribution in [1.29, 1.82) is 0 Å². The summed E-state index contributed by atoms with van der Waals surface area (Å²) in [5.41, 5.74) is 2.46. The van der Waals surface area contributed by atoms with E-state index in [1.54, 1.807) is 19.1 Å². The van der Waals surface area contributed by atoms with Gasteiger partial charge in [-0.15, -0.1) is 0 Å². The van der Waals surface area contributed by atoms with E-state index in [9.17, 15) is 14.9 Å². The highest BCUT2D eigenvalue weighted by Gasteiger charge is 2.30. The van der Waals surface area contributed by atoms with Crippen LogP contribution in [0, 0.1) is 17.0 Å². The monoisotopic (exact) mass is 381 g/mol. The SMILES string of the molecule is COc1cc(C=C2C(=O)N(c3ccc(C)cc3)N=C2C)c([N+](=O)[O-])cc1OC. The van der Waals surface area contributed by atoms with Gasteiger partial charge in [-0.3, -0.25) is 14.9 Å². The van der Waals surface area contributed by atoms with Gasteiger partial charge >= 0.3 is 0 Å². The highest BCUT2D eigenvalue weighted by molar-refractivity contribution is 6.32. The molecule has 1 amide bonds. The minimum absolute atomic E-state index is 0.195. The van der Waals surface area contributed by atoms with Gasteiger partial charge in [0, 0.05) is 0 Å². The Balaban J connectivity index is 2.06. The van der Waals surface area contributed by atoms with E-state index < -0.39 is 4.92 Å². The van der Waals surface area contributed by atoms with Crippen LogP contribution in [0.3, 0.4) is 0 Å². The summed E-state index contributed by atoms with van der Waals surface area (Å²) in [5, 5.41) is 17.1. The van der Waals surface area contributed by atoms with Gasteiger partial charge < -0.3 is 9.47 Å². The molecule has 0 unspecified atom stereocenters. The van der Waals surface area contributed by atoms with Gasteiger partial charge in [-0.25, -0.2) is 0 Å². The summed E-state index contributed by atoms with van der Waals surface area (Å²) in [4.78, 5) is 23.9. The van der Waals surface area contributed by atoms with Crippen LogP contribution in [-0.4, -0.2) is 30.8 Å². The van der Waals surface area contributed by atoms with Gasteiger partial charge in [-0.05, 0) is 38.1 Å². The second-order valence-electron chi connectivity index (χ2n) is 6.22. The van der Waals surface area contributed by atoms with E-state index in [4.69, 9.17) is 9.47 Å². The Labute approximate surface area is 161 Å². The lowest BCUT2D eigenvalue weighted by molar-refractivity contribution is -0.385. The lowest BCUT2D eigenvalue weighted by atomic mass is 10.0. The third-order valence-corrected chi connectivity index (χ3v) is 4.37. The van der Waals surface area contributed by atoms with Crippen LogP contribution in [0.4, 0.5) is 11.4 Å². The number of anilines is 1. The van der Waals surface area contributed by atoms with Gasteiger partial charge in [0.1, 0.15) is 0 Å². The molecule has 0 radical (unpaired) electrons. The number of benzene rings is 2. The van der Waals surface area contributed by atoms with Gasteiger partial charge in [0.2, 0.25) is 0 Å². The number of nitro benzene ring substituents is 1. The van der Waals surface area contributed by atoms with E-state index >= 15 is 0 Å². The molecule has 8 heteroatoms. The van der Waals surface area contributed by atoms with Crippen molar-refractivity contribution in [2.24, 2.45) is 5.10 Å². The zero-order chi connectivity index (χ0) is 20.4. The third kappa shape index (κ3) is 3.44. The zero-order valence-electron chi connectivity index (χ0n) is 15.9. The van der Waals surface area contributed by atoms with Crippen molar-refractivity contribution < 1.29 is 19.2 Å². The second-order valence-corrected chi connectivity index (χ2v) is 6.22. The minimum Gasteiger partial charge on any atom is -0.493 e. The van der Waals surface area contributed by atoms with Gasteiger partial charge in [0.15, 0.2) is 11.5 Å². The number of nitro groups is 1. The van der Waals surface area contributed by atoms with Crippen LogP contribution in [0.1, 0.15) is 18.1 Å². The maximum Gasteiger partial charge on any atom is 0.280 e. The standard InChI is InChI=1S/C20H19N3O5/c1-12-5-7-15(8-6-12)22-20(24)16(13(2)21-22)9-14-10-18(27-3)19(28-4)11-17(14)23(25)26/h5-11H,1-4H3. The van der Waals surface area contributed by atoms with Crippen molar-refractivity contribution in [1.82, 2.24) is 0 Å². The number of aryl methyl sites for hydroxylation is 1. The van der Waals surface area contributed by atoms with Crippen LogP contribution in [0.5, 0.6) is 11.5 Å². The number of carbonyl (C=O) groups is 1. The first-order valence-corrected chi connectivity index (χ1v) is 8.44. The van der Waals surface area contributed by atoms with E-state index in [1.807, 2.05) is 19.1 Å². The summed E-state index contributed by atoms with van der Waals surface area (Å²) in [6.45, 7) is 3.64. The first-order chi connectivity index (χ1) is 13.3. The van der Waals surface area contributed by atoms with E-state index in [-0.39, 0.29) is 28.5 Å². The number of methoxy groups -OCH3 is 2. The number of rotatable bonds is 5. The predicted molar refractivity (Wildman–Crippen MR) is 106 cm³/mol. The topological polar surface area (TPSA) is 94.3 Å². The molecule has 144 valence electrons. The summed E-state index contributed by atoms with van der Waals surface area (Å²) in [6.07, 6.45) is 1.45. The molecule has 0 aromatic heterocycles. The van der Waals surface area contributed by atoms with Crippen LogP contribution in [0.25, 0.3) is 6.08 Å². The average Bonchev–Trinajstić information content (AvgIpc) is 2.96. The number of amides is 1. The molecule has 8 nitrogen and oxygen atoms in total. The number of nitrogens with zero attached hydrogens (tertiary/aromatic N) is 3. The molecule has 28 heavy (non-hydrogen) atoms. The molecule has 2 aromatic rings. The first kappa shape index (κ1) is 19.1. The van der Waals surface area contributed by atoms with Crippen molar-refractivity contribution in [3.8, 4) is 11.5 Å². The van der Waals surface area contributed by atoms with Crippen LogP contribution < -0.4 is 14.5 Å². The molecule has 1 aliphatic heterocycles. The molecule has 1 heterocycles. The molecule has 0 saturated heterocycles. The molecule has 2 aromatic carbocycles. The number of hydrogen-bond donors (Lipinski definition) is 0. The maximum atomic E-state index is 12.9. The number of carbonyl (C=O) groups excluding carboxylic acids is 1. The van der Waals surface area contributed by atoms with Crippen molar-refractivity contribution in [3.63, 3.8) is 0 Å². The molecule has 3 rings (SSSR count). The fraction of sp³-hybridized carbons (Fsp3) is 0.200. The molecule has 0 saturated carbocycles. The van der Waals surface area contributed by atoms with Gasteiger partial charge in [-0.2, -0.15) is 10.1 Å². The quantitative estimate of drug-likeness (QED) is 0.447. The van der Waals surface area contributed by atoms with Gasteiger partial charge in [0.25, 0.3) is 11.6 Å². The smallest absolute Gasteiger partial charge is 0.280 e. The Morgan fingerprint density at radius 2 is 1.68 bits per heavy atom. The molecular weight excluding hydrogens is 362 g/mol. The van der Waals surface area contributed by atoms with Crippen LogP contribution in [0.2, 0.25) is 0 Å². The van der Waals surface area contributed by atoms with E-state index in [1.165, 1.54) is 37.4 Å². The van der Waals surface area contributed by atoms with Crippen molar-refractivity contribution in [2.45, 2.75) is 13.8 Å². The average molecular weight is 381 g/mol. The fourth-order valence-corrected chi connectivity index (χ4v) is 2.86. The van der Waals surface area contributed by atoms with Gasteiger partial charge in [0.05, 0.1) is 47.7 Å². The van der Waals surface area contributed by atoms with E-state index in [2.05, 4.69) is 5.10 Å². The zero-order valence-corrected chi connectivity index (χ0v) is 15.9. The first-order valence-electron chi connectivity index (χ1n) is 8.44. The van der Waals surface area contributed by atoms with Crippen LogP contribution in [0.15, 0.2) is 47.1 Å². The summed E-state index contributed by atoms with van der Waals surface area (Å²) >= 11 is 0. The Bertz CT molecular complexity index is 1010. The number of ether oxygens (including phenoxy) is 2. The van der Waals surface area contributed by atoms with E-state index in [0.717, 1.165) is 5.56 Å². The Morgan fingerprint density at radius 1 is 1.07 bits per heavy atom. The molecule has 1 aliphatic rings. The number of hydrazone groups is 1. The maximum absolute atomic E-state index is 12.9. The molecule has 0 bridgehead atoms.